The summed E-state index contributed by atoms with van der Waals surface area (Å²) in [7, 11) is 1.63. The number of nitrogens with zero attached hydrogens (tertiary/aromatic N) is 4. The fourth-order valence-corrected chi connectivity index (χ4v) is 2.56. The number of hydrogen-bond acceptors (Lipinski definition) is 9. The van der Waals surface area contributed by atoms with Gasteiger partial charge in [-0.1, -0.05) is 5.16 Å². The quantitative estimate of drug-likeness (QED) is 0.393. The van der Waals surface area contributed by atoms with Crippen LogP contribution in [0.2, 0.25) is 0 Å². The summed E-state index contributed by atoms with van der Waals surface area (Å²) in [4.78, 5) is 17.4. The number of unbranched alkanes of at least 4 members (excludes halogenated alkanes) is 1. The zero-order valence-electron chi connectivity index (χ0n) is 14.1. The van der Waals surface area contributed by atoms with E-state index in [1.807, 2.05) is 0 Å². The van der Waals surface area contributed by atoms with Crippen molar-refractivity contribution in [2.24, 2.45) is 0 Å². The number of ether oxygens (including phenoxy) is 1. The fraction of sp³-hybridized carbons (Fsp3) is 0.333. The number of aromatic nitrogens is 4. The Labute approximate surface area is 160 Å². The zero-order chi connectivity index (χ0) is 19.2. The van der Waals surface area contributed by atoms with Crippen molar-refractivity contribution in [3.05, 3.63) is 39.0 Å². The number of halogens is 2. The van der Waals surface area contributed by atoms with Gasteiger partial charge >= 0.3 is 5.76 Å². The molecule has 0 aliphatic heterocycles. The van der Waals surface area contributed by atoms with E-state index >= 15 is 0 Å². The molecule has 0 radical (unpaired) electrons. The van der Waals surface area contributed by atoms with Crippen LogP contribution in [0, 0.1) is 5.82 Å². The lowest BCUT2D eigenvalue weighted by molar-refractivity contribution is 0.156. The Morgan fingerprint density at radius 3 is 2.85 bits per heavy atom. The van der Waals surface area contributed by atoms with E-state index in [2.05, 4.69) is 36.9 Å². The first-order chi connectivity index (χ1) is 13.1. The van der Waals surface area contributed by atoms with Gasteiger partial charge < -0.3 is 4.74 Å². The first-order valence-corrected chi connectivity index (χ1v) is 8.65. The van der Waals surface area contributed by atoms with Gasteiger partial charge in [-0.15, -0.1) is 0 Å². The Bertz CT molecular complexity index is 956. The second-order valence-corrected chi connectivity index (χ2v) is 6.17. The Morgan fingerprint density at radius 1 is 1.26 bits per heavy atom. The maximum atomic E-state index is 13.5. The normalized spacial score (nSPS) is 11.1. The van der Waals surface area contributed by atoms with E-state index in [-0.39, 0.29) is 21.8 Å². The van der Waals surface area contributed by atoms with Crippen molar-refractivity contribution >= 4 is 21.7 Å². The molecular formula is C15H15BrFN5O5. The Morgan fingerprint density at radius 2 is 2.07 bits per heavy atom. The second kappa shape index (κ2) is 8.88. The molecule has 12 heteroatoms. The molecular weight excluding hydrogens is 429 g/mol. The third kappa shape index (κ3) is 4.40. The molecule has 10 nitrogen and oxygen atoms in total. The zero-order valence-corrected chi connectivity index (χ0v) is 15.7. The lowest BCUT2D eigenvalue weighted by Gasteiger charge is -2.06. The maximum Gasteiger partial charge on any atom is 0.446 e. The summed E-state index contributed by atoms with van der Waals surface area (Å²) in [6, 6.07) is 4.01. The van der Waals surface area contributed by atoms with Crippen molar-refractivity contribution in [3.63, 3.8) is 0 Å². The first-order valence-electron chi connectivity index (χ1n) is 7.85. The lowest BCUT2D eigenvalue weighted by atomic mass is 10.3. The van der Waals surface area contributed by atoms with Gasteiger partial charge in [0.05, 0.1) is 16.8 Å². The minimum atomic E-state index is -0.780. The minimum Gasteiger partial charge on any atom is -0.385 e. The number of hydrogen-bond donors (Lipinski definition) is 1. The fourth-order valence-electron chi connectivity index (χ4n) is 2.19. The van der Waals surface area contributed by atoms with Gasteiger partial charge in [0.1, 0.15) is 5.82 Å². The van der Waals surface area contributed by atoms with Crippen molar-refractivity contribution in [1.82, 2.24) is 20.0 Å². The van der Waals surface area contributed by atoms with Crippen molar-refractivity contribution in [2.45, 2.75) is 12.8 Å². The highest BCUT2D eigenvalue weighted by atomic mass is 79.9. The van der Waals surface area contributed by atoms with Crippen LogP contribution >= 0.6 is 15.9 Å². The van der Waals surface area contributed by atoms with Gasteiger partial charge in [-0.25, -0.2) is 23.9 Å². The highest BCUT2D eigenvalue weighted by Crippen LogP contribution is 2.26. The average Bonchev–Trinajstić information content (AvgIpc) is 3.26. The predicted octanol–water partition coefficient (Wildman–Crippen LogP) is 2.55. The SMILES string of the molecule is COCCCCONc1nonc1-c1noc(=O)n1-c1ccc(F)c(Br)c1. The van der Waals surface area contributed by atoms with Gasteiger partial charge in [0, 0.05) is 13.7 Å². The van der Waals surface area contributed by atoms with Gasteiger partial charge in [0.15, 0.2) is 0 Å². The standard InChI is InChI=1S/C15H15BrFN5O5/c1-24-6-2-3-7-25-19-13-12(18-27-20-13)14-21-26-15(23)22(14)9-4-5-11(17)10(16)8-9/h4-5,8H,2-3,6-7H2,1H3,(H,19,20). The van der Waals surface area contributed by atoms with Gasteiger partial charge in [-0.2, -0.15) is 0 Å². The summed E-state index contributed by atoms with van der Waals surface area (Å²) < 4.78 is 29.2. The van der Waals surface area contributed by atoms with Gasteiger partial charge in [-0.3, -0.25) is 9.36 Å². The molecule has 0 unspecified atom stereocenters. The lowest BCUT2D eigenvalue weighted by Crippen LogP contribution is -2.14. The summed E-state index contributed by atoms with van der Waals surface area (Å²) >= 11 is 3.07. The van der Waals surface area contributed by atoms with Crippen LogP contribution in [0.5, 0.6) is 0 Å². The van der Waals surface area contributed by atoms with E-state index in [0.717, 1.165) is 17.4 Å². The summed E-state index contributed by atoms with van der Waals surface area (Å²) in [5, 5.41) is 11.1. The first kappa shape index (κ1) is 19.2. The van der Waals surface area contributed by atoms with Crippen molar-refractivity contribution in [3.8, 4) is 17.2 Å². The number of nitrogens with one attached hydrogen (secondary N) is 1. The largest absolute Gasteiger partial charge is 0.446 e. The number of anilines is 1. The van der Waals surface area contributed by atoms with E-state index in [9.17, 15) is 9.18 Å². The Hall–Kier alpha value is -2.57. The molecule has 1 N–H and O–H groups in total. The Kier molecular flexibility index (Phi) is 6.32. The van der Waals surface area contributed by atoms with E-state index in [1.165, 1.54) is 18.2 Å². The van der Waals surface area contributed by atoms with Crippen LogP contribution in [0.3, 0.4) is 0 Å². The minimum absolute atomic E-state index is 0.0187. The van der Waals surface area contributed by atoms with Crippen LogP contribution in [0.25, 0.3) is 17.2 Å². The van der Waals surface area contributed by atoms with Crippen LogP contribution in [0.4, 0.5) is 10.2 Å². The summed E-state index contributed by atoms with van der Waals surface area (Å²) in [5.41, 5.74) is 3.02. The number of methoxy groups -OCH3 is 1. The maximum absolute atomic E-state index is 13.5. The molecule has 3 rings (SSSR count). The molecule has 0 saturated carbocycles. The molecule has 1 aromatic carbocycles. The monoisotopic (exact) mass is 443 g/mol. The third-order valence-corrected chi connectivity index (χ3v) is 4.09. The molecule has 0 aliphatic carbocycles. The molecule has 144 valence electrons. The highest BCUT2D eigenvalue weighted by Gasteiger charge is 2.23. The van der Waals surface area contributed by atoms with Crippen LogP contribution in [-0.2, 0) is 9.57 Å². The van der Waals surface area contributed by atoms with Gasteiger partial charge in [-0.05, 0) is 57.3 Å². The van der Waals surface area contributed by atoms with Gasteiger partial charge in [0.2, 0.25) is 17.3 Å². The van der Waals surface area contributed by atoms with Crippen molar-refractivity contribution in [2.75, 3.05) is 25.8 Å². The van der Waals surface area contributed by atoms with Crippen LogP contribution in [0.1, 0.15) is 12.8 Å². The number of rotatable bonds is 9. The third-order valence-electron chi connectivity index (χ3n) is 3.48. The summed E-state index contributed by atoms with van der Waals surface area (Å²) in [6.45, 7) is 1.03. The van der Waals surface area contributed by atoms with Crippen molar-refractivity contribution in [1.29, 1.82) is 0 Å². The average molecular weight is 444 g/mol. The predicted molar refractivity (Wildman–Crippen MR) is 93.7 cm³/mol. The van der Waals surface area contributed by atoms with E-state index in [1.54, 1.807) is 7.11 Å². The van der Waals surface area contributed by atoms with Crippen LogP contribution < -0.4 is 11.2 Å². The van der Waals surface area contributed by atoms with E-state index < -0.39 is 11.6 Å². The molecule has 0 saturated heterocycles. The van der Waals surface area contributed by atoms with Crippen LogP contribution in [-0.4, -0.2) is 40.4 Å². The molecule has 0 bridgehead atoms. The van der Waals surface area contributed by atoms with E-state index in [4.69, 9.17) is 18.7 Å². The molecule has 0 spiro atoms. The van der Waals surface area contributed by atoms with Gasteiger partial charge in [0.25, 0.3) is 0 Å². The van der Waals surface area contributed by atoms with Crippen molar-refractivity contribution < 1.29 is 23.1 Å². The molecule has 27 heavy (non-hydrogen) atoms. The van der Waals surface area contributed by atoms with E-state index in [0.29, 0.717) is 18.9 Å². The highest BCUT2D eigenvalue weighted by molar-refractivity contribution is 9.10. The number of benzene rings is 1. The molecule has 2 aromatic heterocycles. The second-order valence-electron chi connectivity index (χ2n) is 5.32. The summed E-state index contributed by atoms with van der Waals surface area (Å²) in [5.74, 6) is -1.12. The Balaban J connectivity index is 1.81. The smallest absolute Gasteiger partial charge is 0.385 e. The molecule has 0 atom stereocenters. The topological polar surface area (TPSA) is 117 Å². The molecule has 3 aromatic rings. The molecule has 0 aliphatic rings. The molecule has 0 amide bonds. The summed E-state index contributed by atoms with van der Waals surface area (Å²) in [6.07, 6.45) is 1.60. The molecule has 2 heterocycles. The molecule has 0 fully saturated rings. The van der Waals surface area contributed by atoms with Crippen LogP contribution in [0.15, 0.2) is 36.6 Å².